The van der Waals surface area contributed by atoms with Crippen LogP contribution in [0.3, 0.4) is 0 Å². The lowest BCUT2D eigenvalue weighted by Gasteiger charge is -2.26. The topological polar surface area (TPSA) is 8.17 Å². The van der Waals surface area contributed by atoms with Crippen LogP contribution in [0.15, 0.2) is 188 Å². The first-order chi connectivity index (χ1) is 31.1. The summed E-state index contributed by atoms with van der Waals surface area (Å²) in [6.07, 6.45) is 0. The van der Waals surface area contributed by atoms with Crippen LogP contribution < -0.4 is 4.90 Å². The van der Waals surface area contributed by atoms with Gasteiger partial charge < -0.3 is 9.47 Å². The molecule has 0 bridgehead atoms. The molecule has 1 aromatic heterocycles. The van der Waals surface area contributed by atoms with Crippen LogP contribution in [-0.2, 0) is 5.41 Å². The zero-order chi connectivity index (χ0) is 43.9. The second-order valence-corrected chi connectivity index (χ2v) is 16.8. The van der Waals surface area contributed by atoms with Gasteiger partial charge in [0, 0.05) is 38.9 Å². The number of halogens is 5. The number of rotatable bonds is 7. The number of hydrogen-bond donors (Lipinski definition) is 0. The Bertz CT molecular complexity index is 3420. The van der Waals surface area contributed by atoms with Crippen LogP contribution >= 0.6 is 0 Å². The molecule has 1 aliphatic carbocycles. The molecule has 1 aliphatic rings. The van der Waals surface area contributed by atoms with E-state index in [4.69, 9.17) is 0 Å². The normalized spacial score (nSPS) is 12.7. The second kappa shape index (κ2) is 15.0. The van der Waals surface area contributed by atoms with Crippen LogP contribution in [-0.4, -0.2) is 4.57 Å². The molecule has 0 amide bonds. The van der Waals surface area contributed by atoms with Gasteiger partial charge in [-0.25, -0.2) is 22.0 Å². The summed E-state index contributed by atoms with van der Waals surface area (Å²) in [6.45, 7) is 4.52. The predicted octanol–water partition coefficient (Wildman–Crippen LogP) is 16.3. The number of benzene rings is 9. The molecule has 0 atom stereocenters. The highest BCUT2D eigenvalue weighted by molar-refractivity contribution is 6.10. The summed E-state index contributed by atoms with van der Waals surface area (Å²) in [5.41, 5.74) is 13.4. The SMILES string of the molecule is CC1(C)c2ccccc2-c2ccc(-c3ccc(N(c4ccc(-c5ccc6c7ccccc7n(-c7ccccc7)c6c5)cc4)c4ccc(-c5c(F)c(F)c(F)c(F)c5F)cc4)cc3)cc21. The first-order valence-corrected chi connectivity index (χ1v) is 21.0. The molecule has 2 nitrogen and oxygen atoms in total. The molecule has 11 rings (SSSR count). The number of fused-ring (bicyclic) bond motifs is 6. The second-order valence-electron chi connectivity index (χ2n) is 16.8. The minimum absolute atomic E-state index is 0.146. The molecule has 1 heterocycles. The molecule has 0 radical (unpaired) electrons. The van der Waals surface area contributed by atoms with Gasteiger partial charge >= 0.3 is 0 Å². The summed E-state index contributed by atoms with van der Waals surface area (Å²) in [4.78, 5) is 1.99. The van der Waals surface area contributed by atoms with E-state index in [2.05, 4.69) is 140 Å². The molecule has 0 fully saturated rings. The van der Waals surface area contributed by atoms with Gasteiger partial charge in [0.15, 0.2) is 23.3 Å². The molecular formula is C57H37F5N2. The van der Waals surface area contributed by atoms with E-state index in [0.29, 0.717) is 5.69 Å². The van der Waals surface area contributed by atoms with Crippen molar-refractivity contribution in [2.24, 2.45) is 0 Å². The lowest BCUT2D eigenvalue weighted by atomic mass is 9.81. The van der Waals surface area contributed by atoms with Crippen molar-refractivity contribution in [2.45, 2.75) is 19.3 Å². The van der Waals surface area contributed by atoms with Crippen LogP contribution in [0.2, 0.25) is 0 Å². The van der Waals surface area contributed by atoms with E-state index in [0.717, 1.165) is 55.7 Å². The van der Waals surface area contributed by atoms with Crippen molar-refractivity contribution in [3.63, 3.8) is 0 Å². The minimum atomic E-state index is -2.19. The Morgan fingerprint density at radius 3 is 1.48 bits per heavy atom. The van der Waals surface area contributed by atoms with Gasteiger partial charge in [-0.3, -0.25) is 0 Å². The quantitative estimate of drug-likeness (QED) is 0.0881. The third-order valence-corrected chi connectivity index (χ3v) is 12.8. The van der Waals surface area contributed by atoms with Gasteiger partial charge in [-0.2, -0.15) is 0 Å². The zero-order valence-corrected chi connectivity index (χ0v) is 34.7. The number of hydrogen-bond acceptors (Lipinski definition) is 1. The fraction of sp³-hybridized carbons (Fsp3) is 0.0526. The van der Waals surface area contributed by atoms with E-state index in [1.807, 2.05) is 47.4 Å². The van der Waals surface area contributed by atoms with Gasteiger partial charge in [0.05, 0.1) is 16.6 Å². The number of anilines is 3. The Labute approximate surface area is 366 Å². The molecule has 10 aromatic rings. The first kappa shape index (κ1) is 39.1. The number of aromatic nitrogens is 1. The maximum atomic E-state index is 14.9. The Balaban J connectivity index is 0.986. The van der Waals surface area contributed by atoms with Gasteiger partial charge in [-0.1, -0.05) is 135 Å². The number of para-hydroxylation sites is 2. The molecule has 7 heteroatoms. The molecule has 9 aromatic carbocycles. The Morgan fingerprint density at radius 1 is 0.375 bits per heavy atom. The molecule has 310 valence electrons. The van der Waals surface area contributed by atoms with Gasteiger partial charge in [0.1, 0.15) is 0 Å². The van der Waals surface area contributed by atoms with Crippen LogP contribution in [0.5, 0.6) is 0 Å². The van der Waals surface area contributed by atoms with Gasteiger partial charge in [0.25, 0.3) is 0 Å². The van der Waals surface area contributed by atoms with E-state index >= 15 is 0 Å². The number of nitrogens with zero attached hydrogens (tertiary/aromatic N) is 2. The lowest BCUT2D eigenvalue weighted by molar-refractivity contribution is 0.381. The highest BCUT2D eigenvalue weighted by atomic mass is 19.2. The molecule has 0 N–H and O–H groups in total. The molecule has 0 saturated carbocycles. The summed E-state index contributed by atoms with van der Waals surface area (Å²) in [7, 11) is 0. The molecule has 64 heavy (non-hydrogen) atoms. The smallest absolute Gasteiger partial charge is 0.200 e. The van der Waals surface area contributed by atoms with Crippen molar-refractivity contribution >= 4 is 38.9 Å². The Hall–Kier alpha value is -7.77. The first-order valence-electron chi connectivity index (χ1n) is 21.0. The van der Waals surface area contributed by atoms with Crippen LogP contribution in [0, 0.1) is 29.1 Å². The monoisotopic (exact) mass is 844 g/mol. The van der Waals surface area contributed by atoms with E-state index in [1.54, 1.807) is 12.1 Å². The summed E-state index contributed by atoms with van der Waals surface area (Å²) in [5, 5.41) is 2.32. The average Bonchev–Trinajstić information content (AvgIpc) is 3.79. The van der Waals surface area contributed by atoms with Crippen LogP contribution in [0.1, 0.15) is 25.0 Å². The maximum absolute atomic E-state index is 14.9. The molecule has 0 spiro atoms. The standard InChI is InChI=1S/C57H37F5N2/c1-57(2)47-14-8-6-12-43(47)44-30-22-37(32-48(44)57)34-16-24-40(25-17-34)63(42-28-20-36(21-29-42)51-52(58)54(60)56(62)55(61)53(51)59)41-26-18-35(19-27-41)38-23-31-46-45-13-7-9-15-49(45)64(50(46)33-38)39-10-4-3-5-11-39/h3-33H,1-2H3. The van der Waals surface area contributed by atoms with E-state index < -0.39 is 34.6 Å². The highest BCUT2D eigenvalue weighted by Gasteiger charge is 2.35. The summed E-state index contributed by atoms with van der Waals surface area (Å²) < 4.78 is 74.6. The zero-order valence-electron chi connectivity index (χ0n) is 34.7. The third-order valence-electron chi connectivity index (χ3n) is 12.8. The van der Waals surface area contributed by atoms with Crippen LogP contribution in [0.25, 0.3) is 72.0 Å². The molecule has 0 saturated heterocycles. The predicted molar refractivity (Wildman–Crippen MR) is 249 cm³/mol. The Morgan fingerprint density at radius 2 is 0.844 bits per heavy atom. The van der Waals surface area contributed by atoms with E-state index in [9.17, 15) is 22.0 Å². The minimum Gasteiger partial charge on any atom is -0.311 e. The Kier molecular flexibility index (Phi) is 9.13. The van der Waals surface area contributed by atoms with E-state index in [1.165, 1.54) is 39.8 Å². The van der Waals surface area contributed by atoms with Crippen molar-refractivity contribution < 1.29 is 22.0 Å². The average molecular weight is 845 g/mol. The fourth-order valence-electron chi connectivity index (χ4n) is 9.58. The molecule has 0 aliphatic heterocycles. The van der Waals surface area contributed by atoms with E-state index in [-0.39, 0.29) is 11.0 Å². The summed E-state index contributed by atoms with van der Waals surface area (Å²) in [6, 6.07) is 62.7. The van der Waals surface area contributed by atoms with Crippen molar-refractivity contribution in [2.75, 3.05) is 4.90 Å². The van der Waals surface area contributed by atoms with Gasteiger partial charge in [0.2, 0.25) is 5.82 Å². The highest BCUT2D eigenvalue weighted by Crippen LogP contribution is 2.50. The summed E-state index contributed by atoms with van der Waals surface area (Å²) >= 11 is 0. The third kappa shape index (κ3) is 6.14. The fourth-order valence-corrected chi connectivity index (χ4v) is 9.58. The van der Waals surface area contributed by atoms with Crippen molar-refractivity contribution in [3.8, 4) is 50.2 Å². The summed E-state index contributed by atoms with van der Waals surface area (Å²) in [5.74, 6) is -9.93. The van der Waals surface area contributed by atoms with Crippen LogP contribution in [0.4, 0.5) is 39.0 Å². The van der Waals surface area contributed by atoms with Gasteiger partial charge in [-0.15, -0.1) is 0 Å². The molecular weight excluding hydrogens is 808 g/mol. The largest absolute Gasteiger partial charge is 0.311 e. The molecule has 0 unspecified atom stereocenters. The van der Waals surface area contributed by atoms with Gasteiger partial charge in [-0.05, 0) is 117 Å². The maximum Gasteiger partial charge on any atom is 0.200 e. The van der Waals surface area contributed by atoms with Crippen molar-refractivity contribution in [1.82, 2.24) is 4.57 Å². The lowest BCUT2D eigenvalue weighted by Crippen LogP contribution is -2.14. The van der Waals surface area contributed by atoms with Crippen molar-refractivity contribution in [3.05, 3.63) is 228 Å². The van der Waals surface area contributed by atoms with Crippen molar-refractivity contribution in [1.29, 1.82) is 0 Å².